The Hall–Kier alpha value is -6.89. The zero-order chi connectivity index (χ0) is 70.8. The molecule has 6 aromatic carbocycles. The number of nitro groups is 1. The Labute approximate surface area is 595 Å². The highest BCUT2D eigenvalue weighted by Gasteiger charge is 2.30. The number of fused-ring (bicyclic) bond motifs is 6. The fourth-order valence-corrected chi connectivity index (χ4v) is 17.4. The van der Waals surface area contributed by atoms with Crippen molar-refractivity contribution in [1.82, 2.24) is 23.1 Å². The van der Waals surface area contributed by atoms with Crippen LogP contribution in [0.2, 0.25) is 0 Å². The maximum absolute atomic E-state index is 15.3. The van der Waals surface area contributed by atoms with Gasteiger partial charge in [-0.2, -0.15) is 17.1 Å². The van der Waals surface area contributed by atoms with E-state index in [1.54, 1.807) is 51.2 Å². The number of nitrogen functional groups attached to an aromatic ring is 1. The largest absolute Gasteiger partial charge is 0.399 e. The minimum atomic E-state index is -4.03. The van der Waals surface area contributed by atoms with Gasteiger partial charge in [0.15, 0.2) is 0 Å². The Morgan fingerprint density at radius 2 is 0.830 bits per heavy atom. The first kappa shape index (κ1) is 77.3. The van der Waals surface area contributed by atoms with Gasteiger partial charge >= 0.3 is 10.5 Å². The molecule has 0 amide bonds. The van der Waals surface area contributed by atoms with Gasteiger partial charge in [0.2, 0.25) is 10.0 Å². The quantitative estimate of drug-likeness (QED) is 0.00943. The van der Waals surface area contributed by atoms with Gasteiger partial charge in [-0.25, -0.2) is 18.4 Å². The van der Waals surface area contributed by atoms with Crippen LogP contribution < -0.4 is 16.9 Å². The predicted octanol–water partition coefficient (Wildman–Crippen LogP) is 22.4. The van der Waals surface area contributed by atoms with Crippen molar-refractivity contribution in [1.29, 1.82) is 0 Å². The van der Waals surface area contributed by atoms with Crippen molar-refractivity contribution in [2.45, 2.75) is 296 Å². The van der Waals surface area contributed by atoms with E-state index in [1.165, 1.54) is 184 Å². The van der Waals surface area contributed by atoms with Gasteiger partial charge in [-0.1, -0.05) is 265 Å². The molecular formula is C82H114N8O8S2. The van der Waals surface area contributed by atoms with Crippen LogP contribution in [0, 0.1) is 10.1 Å². The van der Waals surface area contributed by atoms with E-state index in [0.29, 0.717) is 107 Å². The summed E-state index contributed by atoms with van der Waals surface area (Å²) in [4.78, 5) is 53.3. The predicted molar refractivity (Wildman–Crippen MR) is 419 cm³/mol. The third kappa shape index (κ3) is 19.6. The molecule has 4 aromatic heterocycles. The zero-order valence-corrected chi connectivity index (χ0v) is 62.5. The first-order valence-electron chi connectivity index (χ1n) is 39.1. The highest BCUT2D eigenvalue weighted by Crippen LogP contribution is 2.41. The number of nitrogens with two attached hydrogens (primary N) is 1. The normalized spacial score (nSPS) is 12.2. The van der Waals surface area contributed by atoms with Gasteiger partial charge in [0.05, 0.1) is 38.4 Å². The number of unbranched alkanes of at least 4 members (excludes halogenated alkanes) is 36. The van der Waals surface area contributed by atoms with Crippen LogP contribution in [0.5, 0.6) is 0 Å². The van der Waals surface area contributed by atoms with E-state index in [0.717, 1.165) is 101 Å². The average molecular weight is 1400 g/mol. The van der Waals surface area contributed by atoms with Crippen molar-refractivity contribution in [3.05, 3.63) is 109 Å². The van der Waals surface area contributed by atoms with Gasteiger partial charge in [-0.3, -0.25) is 28.5 Å². The highest BCUT2D eigenvalue weighted by molar-refractivity contribution is 7.89. The molecule has 0 unspecified atom stereocenters. The number of pyridine rings is 2. The van der Waals surface area contributed by atoms with Crippen LogP contribution in [0.15, 0.2) is 91.6 Å². The first-order chi connectivity index (χ1) is 48.7. The molecule has 18 heteroatoms. The second-order valence-electron chi connectivity index (χ2n) is 28.6. The minimum absolute atomic E-state index is 0.100. The molecule has 4 heterocycles. The van der Waals surface area contributed by atoms with Crippen molar-refractivity contribution >= 4 is 119 Å². The number of hydrogen-bond acceptors (Lipinski definition) is 12. The first-order valence-corrected chi connectivity index (χ1v) is 41.6. The lowest BCUT2D eigenvalue weighted by Crippen LogP contribution is -2.33. The third-order valence-electron chi connectivity index (χ3n) is 20.9. The van der Waals surface area contributed by atoms with Gasteiger partial charge in [0.1, 0.15) is 11.3 Å². The average Bonchev–Trinajstić information content (AvgIpc) is 0.690. The molecule has 0 radical (unpaired) electrons. The molecule has 0 saturated heterocycles. The Balaban J connectivity index is 0.000000647. The number of sulfonamides is 1. The maximum atomic E-state index is 15.3. The van der Waals surface area contributed by atoms with Crippen LogP contribution in [0.3, 0.4) is 0 Å². The SMILES string of the molecule is CCCCCCCCCCCCN=S(=O)=O.CCCCCCCCCCCCc1ccc2nc3c4ccc5c(=O)n6c7cc(N)cc8c(S(=O)(=O)N(CCCCCCCCCCCC)CCCCCCCCCCCC)ccc(nc6c6ccc(c(=O)n3c3cc([N+](=O)[O-])cc1c23)c4c56)c87. The number of rotatable bonds is 47. The van der Waals surface area contributed by atoms with Gasteiger partial charge in [0, 0.05) is 79.4 Å². The Bertz CT molecular complexity index is 4650. The number of hydrogen-bond donors (Lipinski definition) is 1. The van der Waals surface area contributed by atoms with Crippen LogP contribution in [-0.4, -0.2) is 64.5 Å². The van der Waals surface area contributed by atoms with Crippen LogP contribution in [-0.2, 0) is 26.9 Å². The Kier molecular flexibility index (Phi) is 30.5. The molecule has 0 bridgehead atoms. The number of non-ortho nitro benzene ring substituents is 1. The minimum Gasteiger partial charge on any atom is -0.399 e. The van der Waals surface area contributed by atoms with Crippen molar-refractivity contribution in [3.8, 4) is 0 Å². The third-order valence-corrected chi connectivity index (χ3v) is 23.3. The monoisotopic (exact) mass is 1400 g/mol. The molecular weight excluding hydrogens is 1290 g/mol. The van der Waals surface area contributed by atoms with E-state index in [9.17, 15) is 18.5 Å². The fourth-order valence-electron chi connectivity index (χ4n) is 15.4. The van der Waals surface area contributed by atoms with Gasteiger partial charge in [0.25, 0.3) is 16.8 Å². The molecule has 542 valence electrons. The Morgan fingerprint density at radius 3 is 1.26 bits per heavy atom. The summed E-state index contributed by atoms with van der Waals surface area (Å²) >= 11 is 0. The van der Waals surface area contributed by atoms with E-state index in [-0.39, 0.29) is 16.1 Å². The number of nitrogens with zero attached hydrogens (tertiary/aromatic N) is 7. The lowest BCUT2D eigenvalue weighted by Gasteiger charge is -2.24. The molecule has 0 aliphatic carbocycles. The van der Waals surface area contributed by atoms with E-state index < -0.39 is 31.0 Å². The van der Waals surface area contributed by atoms with Crippen LogP contribution in [0.4, 0.5) is 11.4 Å². The standard InChI is InChI=1S/C70H89N7O6S.C12H25NO2S/c1-4-7-10-13-16-19-22-25-28-31-34-49-35-40-58-65-56(49)47-51(77(80)81)48-61(65)76-68(72-58)53-37-38-54-63-52(36-39-55(64(53)63)70(76)79)67-73-59-41-42-62(57-45-50(71)46-60(66(57)59)75(67)69(54)78)84(82,83)74(43-32-29-26-23-20-17-14-11-8-5-2)44-33-30-27-24-21-18-15-12-9-6-3;1-2-3-4-5-6-7-8-9-10-11-12-13-16(14)15/h35-42,45-48H,4-34,43-44,71H2,1-3H3;2-12H2,1H3. The molecule has 0 atom stereocenters. The zero-order valence-electron chi connectivity index (χ0n) is 60.8. The van der Waals surface area contributed by atoms with Crippen molar-refractivity contribution in [2.75, 3.05) is 25.4 Å². The van der Waals surface area contributed by atoms with Crippen molar-refractivity contribution in [3.63, 3.8) is 0 Å². The molecule has 10 aromatic rings. The number of aryl methyl sites for hydroxylation is 1. The lowest BCUT2D eigenvalue weighted by atomic mass is 9.94. The summed E-state index contributed by atoms with van der Waals surface area (Å²) in [5, 5.41) is 18.1. The van der Waals surface area contributed by atoms with E-state index in [1.807, 2.05) is 24.3 Å². The molecule has 0 fully saturated rings. The maximum Gasteiger partial charge on any atom is 0.311 e. The topological polar surface area (TPSA) is 222 Å². The smallest absolute Gasteiger partial charge is 0.311 e. The summed E-state index contributed by atoms with van der Waals surface area (Å²) in [6.45, 7) is 10.3. The van der Waals surface area contributed by atoms with Crippen LogP contribution in [0.25, 0.3) is 87.2 Å². The molecule has 0 saturated carbocycles. The highest BCUT2D eigenvalue weighted by atomic mass is 32.2. The number of nitro benzene ring substituents is 1. The molecule has 0 aliphatic heterocycles. The molecule has 10 rings (SSSR count). The molecule has 0 spiro atoms. The summed E-state index contributed by atoms with van der Waals surface area (Å²) < 4.78 is 58.8. The van der Waals surface area contributed by atoms with Crippen LogP contribution >= 0.6 is 0 Å². The van der Waals surface area contributed by atoms with E-state index in [2.05, 4.69) is 32.1 Å². The number of benzene rings is 6. The second kappa shape index (κ2) is 39.5. The molecule has 16 nitrogen and oxygen atoms in total. The summed E-state index contributed by atoms with van der Waals surface area (Å²) in [7, 11) is -6.24. The summed E-state index contributed by atoms with van der Waals surface area (Å²) in [6, 6.07) is 21.1. The molecule has 2 N–H and O–H groups in total. The lowest BCUT2D eigenvalue weighted by molar-refractivity contribution is -0.384. The number of anilines is 1. The molecule has 100 heavy (non-hydrogen) atoms. The Morgan fingerprint density at radius 1 is 0.450 bits per heavy atom. The van der Waals surface area contributed by atoms with E-state index >= 15 is 18.0 Å². The van der Waals surface area contributed by atoms with Crippen molar-refractivity contribution in [2.24, 2.45) is 4.36 Å². The van der Waals surface area contributed by atoms with Gasteiger partial charge in [-0.05, 0) is 97.7 Å². The van der Waals surface area contributed by atoms with Gasteiger partial charge in [-0.15, -0.1) is 0 Å². The van der Waals surface area contributed by atoms with Gasteiger partial charge < -0.3 is 5.73 Å². The second-order valence-corrected chi connectivity index (χ2v) is 31.2. The summed E-state index contributed by atoms with van der Waals surface area (Å²) in [6.07, 6.45) is 48.7. The number of aromatic nitrogens is 4. The van der Waals surface area contributed by atoms with Crippen molar-refractivity contribution < 1.29 is 21.8 Å². The fraction of sp³-hybridized carbons (Fsp3) is 0.585. The molecule has 0 aliphatic rings. The summed E-state index contributed by atoms with van der Waals surface area (Å²) in [5.74, 6) is 0. The van der Waals surface area contributed by atoms with Crippen LogP contribution in [0.1, 0.15) is 290 Å². The van der Waals surface area contributed by atoms with E-state index in [4.69, 9.17) is 15.7 Å². The summed E-state index contributed by atoms with van der Waals surface area (Å²) in [5.41, 5.74) is 9.85.